The van der Waals surface area contributed by atoms with Crippen LogP contribution in [0, 0.1) is 19.7 Å². The van der Waals surface area contributed by atoms with Gasteiger partial charge in [0, 0.05) is 23.5 Å². The summed E-state index contributed by atoms with van der Waals surface area (Å²) in [6, 6.07) is 7.31. The standard InChI is InChI=1S/C20H20Cl2FN5O/c1-11-6-12(2)28(27-11)19-5-4-14(9-24-19)10-25-20(29)26-13(3)15-7-18(23)17(22)8-16(15)21/h4-9,13H,10H2,1-3H3,(H2,25,26,29). The van der Waals surface area contributed by atoms with E-state index in [1.54, 1.807) is 17.8 Å². The number of aryl methyl sites for hydroxylation is 2. The largest absolute Gasteiger partial charge is 0.334 e. The van der Waals surface area contributed by atoms with Gasteiger partial charge in [0.15, 0.2) is 5.82 Å². The third-order valence-corrected chi connectivity index (χ3v) is 4.96. The van der Waals surface area contributed by atoms with Crippen molar-refractivity contribution in [1.82, 2.24) is 25.4 Å². The van der Waals surface area contributed by atoms with Crippen molar-refractivity contribution in [3.05, 3.63) is 74.9 Å². The molecule has 0 aliphatic rings. The fourth-order valence-corrected chi connectivity index (χ4v) is 3.43. The van der Waals surface area contributed by atoms with Crippen molar-refractivity contribution in [3.8, 4) is 5.82 Å². The number of carbonyl (C=O) groups excluding carboxylic acids is 1. The van der Waals surface area contributed by atoms with E-state index in [0.29, 0.717) is 11.4 Å². The minimum Gasteiger partial charge on any atom is -0.334 e. The second-order valence-corrected chi connectivity index (χ2v) is 7.51. The van der Waals surface area contributed by atoms with Crippen LogP contribution in [0.1, 0.15) is 35.5 Å². The van der Waals surface area contributed by atoms with Crippen molar-refractivity contribution in [2.24, 2.45) is 0 Å². The average molecular weight is 436 g/mol. The highest BCUT2D eigenvalue weighted by Gasteiger charge is 2.15. The molecule has 0 bridgehead atoms. The highest BCUT2D eigenvalue weighted by molar-refractivity contribution is 6.35. The van der Waals surface area contributed by atoms with Gasteiger partial charge in [0.2, 0.25) is 0 Å². The molecule has 1 aromatic carbocycles. The average Bonchev–Trinajstić information content (AvgIpc) is 3.01. The molecule has 2 N–H and O–H groups in total. The zero-order valence-corrected chi connectivity index (χ0v) is 17.6. The number of carbonyl (C=O) groups is 1. The molecule has 0 aliphatic heterocycles. The Morgan fingerprint density at radius 2 is 1.97 bits per heavy atom. The van der Waals surface area contributed by atoms with Crippen molar-refractivity contribution in [2.75, 3.05) is 0 Å². The third-order valence-electron chi connectivity index (χ3n) is 4.34. The van der Waals surface area contributed by atoms with Crippen LogP contribution in [0.4, 0.5) is 9.18 Å². The summed E-state index contributed by atoms with van der Waals surface area (Å²) in [6.45, 7) is 5.87. The van der Waals surface area contributed by atoms with E-state index >= 15 is 0 Å². The molecule has 2 heterocycles. The van der Waals surface area contributed by atoms with Gasteiger partial charge in [0.1, 0.15) is 5.82 Å². The number of nitrogens with zero attached hydrogens (tertiary/aromatic N) is 3. The van der Waals surface area contributed by atoms with Gasteiger partial charge in [-0.3, -0.25) is 0 Å². The van der Waals surface area contributed by atoms with Crippen LogP contribution in [0.15, 0.2) is 36.5 Å². The van der Waals surface area contributed by atoms with Gasteiger partial charge in [-0.25, -0.2) is 18.9 Å². The van der Waals surface area contributed by atoms with E-state index in [0.717, 1.165) is 17.0 Å². The predicted molar refractivity (Wildman–Crippen MR) is 111 cm³/mol. The predicted octanol–water partition coefficient (Wildman–Crippen LogP) is 4.89. The van der Waals surface area contributed by atoms with Gasteiger partial charge >= 0.3 is 6.03 Å². The number of benzene rings is 1. The molecule has 0 saturated heterocycles. The first-order valence-corrected chi connectivity index (χ1v) is 9.67. The van der Waals surface area contributed by atoms with Crippen LogP contribution in [0.3, 0.4) is 0 Å². The van der Waals surface area contributed by atoms with Crippen LogP contribution in [-0.2, 0) is 6.54 Å². The van der Waals surface area contributed by atoms with Crippen LogP contribution in [0.2, 0.25) is 10.0 Å². The number of urea groups is 1. The molecule has 3 rings (SSSR count). The summed E-state index contributed by atoms with van der Waals surface area (Å²) in [4.78, 5) is 16.6. The van der Waals surface area contributed by atoms with Gasteiger partial charge in [-0.2, -0.15) is 5.10 Å². The van der Waals surface area contributed by atoms with Crippen LogP contribution >= 0.6 is 23.2 Å². The number of hydrogen-bond acceptors (Lipinski definition) is 3. The Labute approximate surface area is 178 Å². The second-order valence-electron chi connectivity index (χ2n) is 6.70. The van der Waals surface area contributed by atoms with E-state index in [2.05, 4.69) is 20.7 Å². The maximum absolute atomic E-state index is 13.7. The van der Waals surface area contributed by atoms with Crippen molar-refractivity contribution < 1.29 is 9.18 Å². The molecule has 6 nitrogen and oxygen atoms in total. The molecule has 0 saturated carbocycles. The lowest BCUT2D eigenvalue weighted by Crippen LogP contribution is -2.36. The lowest BCUT2D eigenvalue weighted by Gasteiger charge is -2.17. The maximum atomic E-state index is 13.7. The Morgan fingerprint density at radius 1 is 1.21 bits per heavy atom. The SMILES string of the molecule is Cc1cc(C)n(-c2ccc(CNC(=O)NC(C)c3cc(F)c(Cl)cc3Cl)cn2)n1. The molecule has 0 fully saturated rings. The van der Waals surface area contributed by atoms with E-state index in [9.17, 15) is 9.18 Å². The van der Waals surface area contributed by atoms with Crippen LogP contribution in [-0.4, -0.2) is 20.8 Å². The van der Waals surface area contributed by atoms with Crippen molar-refractivity contribution in [1.29, 1.82) is 0 Å². The number of rotatable bonds is 5. The molecule has 0 spiro atoms. The van der Waals surface area contributed by atoms with Crippen molar-refractivity contribution in [2.45, 2.75) is 33.4 Å². The number of halogens is 3. The number of hydrogen-bond donors (Lipinski definition) is 2. The minimum absolute atomic E-state index is 0.0631. The molecule has 3 aromatic rings. The van der Waals surface area contributed by atoms with E-state index in [-0.39, 0.29) is 16.6 Å². The second kappa shape index (κ2) is 8.80. The molecule has 9 heteroatoms. The minimum atomic E-state index is -0.589. The molecule has 1 atom stereocenters. The third kappa shape index (κ3) is 5.05. The molecule has 0 aliphatic carbocycles. The number of amides is 2. The highest BCUT2D eigenvalue weighted by Crippen LogP contribution is 2.28. The van der Waals surface area contributed by atoms with E-state index in [1.807, 2.05) is 32.0 Å². The van der Waals surface area contributed by atoms with Gasteiger partial charge in [0.25, 0.3) is 0 Å². The van der Waals surface area contributed by atoms with Crippen molar-refractivity contribution in [3.63, 3.8) is 0 Å². The molecular formula is C20H20Cl2FN5O. The topological polar surface area (TPSA) is 71.8 Å². The summed E-state index contributed by atoms with van der Waals surface area (Å²) in [5, 5.41) is 10.1. The molecule has 2 aromatic heterocycles. The zero-order chi connectivity index (χ0) is 21.1. The maximum Gasteiger partial charge on any atom is 0.315 e. The molecular weight excluding hydrogens is 416 g/mol. The Balaban J connectivity index is 1.58. The lowest BCUT2D eigenvalue weighted by molar-refractivity contribution is 0.237. The first kappa shape index (κ1) is 21.1. The van der Waals surface area contributed by atoms with Crippen LogP contribution < -0.4 is 10.6 Å². The zero-order valence-electron chi connectivity index (χ0n) is 16.1. The van der Waals surface area contributed by atoms with Gasteiger partial charge < -0.3 is 10.6 Å². The summed E-state index contributed by atoms with van der Waals surface area (Å²) in [5.74, 6) is 0.116. The Kier molecular flexibility index (Phi) is 6.39. The number of pyridine rings is 1. The molecule has 29 heavy (non-hydrogen) atoms. The molecule has 152 valence electrons. The fourth-order valence-electron chi connectivity index (χ4n) is 2.88. The summed E-state index contributed by atoms with van der Waals surface area (Å²) >= 11 is 11.8. The molecule has 1 unspecified atom stereocenters. The Morgan fingerprint density at radius 3 is 2.59 bits per heavy atom. The monoisotopic (exact) mass is 435 g/mol. The fraction of sp³-hybridized carbons (Fsp3) is 0.250. The Bertz CT molecular complexity index is 1040. The summed E-state index contributed by atoms with van der Waals surface area (Å²) in [7, 11) is 0. The van der Waals surface area contributed by atoms with E-state index in [1.165, 1.54) is 12.1 Å². The van der Waals surface area contributed by atoms with E-state index in [4.69, 9.17) is 23.2 Å². The van der Waals surface area contributed by atoms with Gasteiger partial charge in [0.05, 0.1) is 16.8 Å². The smallest absolute Gasteiger partial charge is 0.315 e. The van der Waals surface area contributed by atoms with Crippen molar-refractivity contribution >= 4 is 29.2 Å². The number of aromatic nitrogens is 3. The molecule has 0 radical (unpaired) electrons. The van der Waals surface area contributed by atoms with E-state index < -0.39 is 17.9 Å². The summed E-state index contributed by atoms with van der Waals surface area (Å²) in [5.41, 5.74) is 3.18. The van der Waals surface area contributed by atoms with Crippen LogP contribution in [0.5, 0.6) is 0 Å². The van der Waals surface area contributed by atoms with Gasteiger partial charge in [-0.15, -0.1) is 0 Å². The first-order valence-electron chi connectivity index (χ1n) is 8.92. The van der Waals surface area contributed by atoms with Gasteiger partial charge in [-0.05, 0) is 56.2 Å². The molecule has 2 amide bonds. The normalized spacial score (nSPS) is 11.9. The first-order chi connectivity index (χ1) is 13.7. The van der Waals surface area contributed by atoms with Gasteiger partial charge in [-0.1, -0.05) is 29.3 Å². The lowest BCUT2D eigenvalue weighted by atomic mass is 10.1. The summed E-state index contributed by atoms with van der Waals surface area (Å²) in [6.07, 6.45) is 1.68. The number of nitrogens with one attached hydrogen (secondary N) is 2. The quantitative estimate of drug-likeness (QED) is 0.560. The highest BCUT2D eigenvalue weighted by atomic mass is 35.5. The van der Waals surface area contributed by atoms with Crippen LogP contribution in [0.25, 0.3) is 5.82 Å². The summed E-state index contributed by atoms with van der Waals surface area (Å²) < 4.78 is 15.4. The Hall–Kier alpha value is -2.64.